The molecule has 1 aliphatic rings. The van der Waals surface area contributed by atoms with Gasteiger partial charge in [0.05, 0.1) is 6.61 Å². The van der Waals surface area contributed by atoms with Crippen molar-refractivity contribution in [2.75, 3.05) is 13.2 Å². The van der Waals surface area contributed by atoms with E-state index in [2.05, 4.69) is 16.4 Å². The molecule has 0 aliphatic carbocycles. The molecule has 4 rings (SSSR count). The Bertz CT molecular complexity index is 913. The molecule has 3 aromatic rings. The van der Waals surface area contributed by atoms with Crippen molar-refractivity contribution in [3.8, 4) is 5.75 Å². The first-order valence-corrected chi connectivity index (χ1v) is 9.77. The van der Waals surface area contributed by atoms with Crippen molar-refractivity contribution in [3.05, 3.63) is 84.1 Å². The van der Waals surface area contributed by atoms with Crippen LogP contribution >= 0.6 is 11.8 Å². The maximum atomic E-state index is 12.4. The maximum Gasteiger partial charge on any atom is 0.251 e. The molecule has 0 unspecified atom stereocenters. The summed E-state index contributed by atoms with van der Waals surface area (Å²) in [5.41, 5.74) is 1.87. The molecule has 4 nitrogen and oxygen atoms in total. The SMILES string of the molecule is O=C(NC[C@@H]1COc2ccccc2C1)c1ccc(Sc2ccccn2)cc1. The number of nitrogens with zero attached hydrogens (tertiary/aromatic N) is 1. The molecule has 0 saturated carbocycles. The van der Waals surface area contributed by atoms with E-state index in [1.165, 1.54) is 5.56 Å². The Balaban J connectivity index is 1.31. The second-order valence-electron chi connectivity index (χ2n) is 6.49. The molecule has 136 valence electrons. The number of amides is 1. The minimum Gasteiger partial charge on any atom is -0.493 e. The fourth-order valence-corrected chi connectivity index (χ4v) is 3.84. The Labute approximate surface area is 163 Å². The molecule has 2 heterocycles. The van der Waals surface area contributed by atoms with Gasteiger partial charge in [-0.25, -0.2) is 4.98 Å². The van der Waals surface area contributed by atoms with Crippen LogP contribution in [-0.4, -0.2) is 24.0 Å². The second kappa shape index (κ2) is 8.27. The van der Waals surface area contributed by atoms with Crippen molar-refractivity contribution in [2.24, 2.45) is 5.92 Å². The van der Waals surface area contributed by atoms with Crippen LogP contribution in [0.5, 0.6) is 5.75 Å². The Morgan fingerprint density at radius 1 is 1.07 bits per heavy atom. The molecule has 0 radical (unpaired) electrons. The number of benzene rings is 2. The van der Waals surface area contributed by atoms with Gasteiger partial charge >= 0.3 is 0 Å². The number of para-hydroxylation sites is 1. The van der Waals surface area contributed by atoms with Crippen LogP contribution in [0, 0.1) is 5.92 Å². The van der Waals surface area contributed by atoms with E-state index in [1.807, 2.05) is 60.7 Å². The quantitative estimate of drug-likeness (QED) is 0.725. The van der Waals surface area contributed by atoms with Crippen LogP contribution in [0.2, 0.25) is 0 Å². The van der Waals surface area contributed by atoms with Crippen LogP contribution in [0.15, 0.2) is 82.8 Å². The minimum atomic E-state index is -0.0526. The number of carbonyl (C=O) groups excluding carboxylic acids is 1. The van der Waals surface area contributed by atoms with E-state index in [-0.39, 0.29) is 5.91 Å². The third kappa shape index (κ3) is 4.49. The monoisotopic (exact) mass is 376 g/mol. The van der Waals surface area contributed by atoms with Crippen molar-refractivity contribution >= 4 is 17.7 Å². The second-order valence-corrected chi connectivity index (χ2v) is 7.59. The van der Waals surface area contributed by atoms with Crippen LogP contribution in [0.4, 0.5) is 0 Å². The fourth-order valence-electron chi connectivity index (χ4n) is 3.06. The number of hydrogen-bond acceptors (Lipinski definition) is 4. The Morgan fingerprint density at radius 2 is 1.89 bits per heavy atom. The van der Waals surface area contributed by atoms with Crippen LogP contribution in [0.25, 0.3) is 0 Å². The standard InChI is InChI=1S/C22H20N2O2S/c25-22(24-14-16-13-18-5-1-2-6-20(18)26-15-16)17-8-10-19(11-9-17)27-21-7-3-4-12-23-21/h1-12,16H,13-15H2,(H,24,25)/t16-/m1/s1. The van der Waals surface area contributed by atoms with Crippen LogP contribution in [0.1, 0.15) is 15.9 Å². The van der Waals surface area contributed by atoms with Crippen molar-refractivity contribution in [1.29, 1.82) is 0 Å². The zero-order valence-electron chi connectivity index (χ0n) is 14.8. The number of hydrogen-bond donors (Lipinski definition) is 1. The first-order chi connectivity index (χ1) is 13.3. The average Bonchev–Trinajstić information content (AvgIpc) is 2.73. The smallest absolute Gasteiger partial charge is 0.251 e. The van der Waals surface area contributed by atoms with Crippen LogP contribution < -0.4 is 10.1 Å². The molecule has 0 fully saturated rings. The van der Waals surface area contributed by atoms with E-state index >= 15 is 0 Å². The lowest BCUT2D eigenvalue weighted by molar-refractivity contribution is 0.0939. The topological polar surface area (TPSA) is 51.2 Å². The minimum absolute atomic E-state index is 0.0526. The van der Waals surface area contributed by atoms with Gasteiger partial charge in [-0.15, -0.1) is 0 Å². The van der Waals surface area contributed by atoms with E-state index in [0.717, 1.165) is 22.1 Å². The first kappa shape index (κ1) is 17.6. The number of nitrogens with one attached hydrogen (secondary N) is 1. The summed E-state index contributed by atoms with van der Waals surface area (Å²) in [5, 5.41) is 3.97. The highest BCUT2D eigenvalue weighted by Gasteiger charge is 2.20. The molecule has 1 aromatic heterocycles. The van der Waals surface area contributed by atoms with E-state index in [0.29, 0.717) is 24.6 Å². The number of aromatic nitrogens is 1. The van der Waals surface area contributed by atoms with Gasteiger partial charge in [0.15, 0.2) is 0 Å². The number of carbonyl (C=O) groups is 1. The van der Waals surface area contributed by atoms with Crippen molar-refractivity contribution in [3.63, 3.8) is 0 Å². The van der Waals surface area contributed by atoms with Crippen molar-refractivity contribution in [2.45, 2.75) is 16.3 Å². The summed E-state index contributed by atoms with van der Waals surface area (Å²) in [6.45, 7) is 1.24. The Morgan fingerprint density at radius 3 is 2.70 bits per heavy atom. The van der Waals surface area contributed by atoms with Crippen LogP contribution in [0.3, 0.4) is 0 Å². The maximum absolute atomic E-state index is 12.4. The summed E-state index contributed by atoms with van der Waals surface area (Å²) in [5.74, 6) is 1.20. The number of ether oxygens (including phenoxy) is 1. The molecule has 2 aromatic carbocycles. The van der Waals surface area contributed by atoms with Gasteiger partial charge in [-0.3, -0.25) is 4.79 Å². The summed E-state index contributed by atoms with van der Waals surface area (Å²) < 4.78 is 5.79. The van der Waals surface area contributed by atoms with Crippen molar-refractivity contribution in [1.82, 2.24) is 10.3 Å². The van der Waals surface area contributed by atoms with Crippen LogP contribution in [-0.2, 0) is 6.42 Å². The van der Waals surface area contributed by atoms with E-state index in [9.17, 15) is 4.79 Å². The molecule has 0 spiro atoms. The lowest BCUT2D eigenvalue weighted by atomic mass is 9.96. The van der Waals surface area contributed by atoms with Gasteiger partial charge in [0.1, 0.15) is 10.8 Å². The molecule has 1 atom stereocenters. The zero-order chi connectivity index (χ0) is 18.5. The van der Waals surface area contributed by atoms with Gasteiger partial charge in [0.2, 0.25) is 0 Å². The first-order valence-electron chi connectivity index (χ1n) is 8.96. The molecule has 1 N–H and O–H groups in total. The van der Waals surface area contributed by atoms with Gasteiger partial charge in [-0.1, -0.05) is 36.0 Å². The third-order valence-corrected chi connectivity index (χ3v) is 5.44. The largest absolute Gasteiger partial charge is 0.493 e. The molecule has 5 heteroatoms. The fraction of sp³-hybridized carbons (Fsp3) is 0.182. The summed E-state index contributed by atoms with van der Waals surface area (Å²) in [6, 6.07) is 21.5. The summed E-state index contributed by atoms with van der Waals surface area (Å²) >= 11 is 1.58. The van der Waals surface area contributed by atoms with E-state index in [4.69, 9.17) is 4.74 Å². The molecule has 27 heavy (non-hydrogen) atoms. The molecule has 1 amide bonds. The number of pyridine rings is 1. The summed E-state index contributed by atoms with van der Waals surface area (Å²) in [7, 11) is 0. The predicted molar refractivity (Wildman–Crippen MR) is 106 cm³/mol. The Hall–Kier alpha value is -2.79. The Kier molecular flexibility index (Phi) is 5.39. The number of rotatable bonds is 5. The van der Waals surface area contributed by atoms with Gasteiger partial charge in [-0.2, -0.15) is 0 Å². The normalized spacial score (nSPS) is 15.5. The summed E-state index contributed by atoms with van der Waals surface area (Å²) in [6.07, 6.45) is 2.70. The molecule has 0 saturated heterocycles. The highest BCUT2D eigenvalue weighted by Crippen LogP contribution is 2.27. The van der Waals surface area contributed by atoms with Crippen molar-refractivity contribution < 1.29 is 9.53 Å². The van der Waals surface area contributed by atoms with Gasteiger partial charge in [0, 0.05) is 29.1 Å². The van der Waals surface area contributed by atoms with E-state index in [1.54, 1.807) is 18.0 Å². The average molecular weight is 376 g/mol. The lowest BCUT2D eigenvalue weighted by Crippen LogP contribution is -2.34. The molecule has 1 aliphatic heterocycles. The number of fused-ring (bicyclic) bond motifs is 1. The highest BCUT2D eigenvalue weighted by atomic mass is 32.2. The van der Waals surface area contributed by atoms with Gasteiger partial charge in [-0.05, 0) is 54.4 Å². The van der Waals surface area contributed by atoms with Gasteiger partial charge < -0.3 is 10.1 Å². The predicted octanol–water partition coefficient (Wildman–Crippen LogP) is 4.21. The molecular weight excluding hydrogens is 356 g/mol. The van der Waals surface area contributed by atoms with Gasteiger partial charge in [0.25, 0.3) is 5.91 Å². The lowest BCUT2D eigenvalue weighted by Gasteiger charge is -2.25. The zero-order valence-corrected chi connectivity index (χ0v) is 15.6. The third-order valence-electron chi connectivity index (χ3n) is 4.48. The summed E-state index contributed by atoms with van der Waals surface area (Å²) in [4.78, 5) is 17.8. The molecular formula is C22H20N2O2S. The highest BCUT2D eigenvalue weighted by molar-refractivity contribution is 7.99. The van der Waals surface area contributed by atoms with E-state index < -0.39 is 0 Å². The molecule has 0 bridgehead atoms.